The predicted molar refractivity (Wildman–Crippen MR) is 47.7 cm³/mol. The fourth-order valence-corrected chi connectivity index (χ4v) is 1.59. The highest BCUT2D eigenvalue weighted by Gasteiger charge is 2.36. The van der Waals surface area contributed by atoms with E-state index in [1.54, 1.807) is 0 Å². The number of hydrogen-bond donors (Lipinski definition) is 0. The molecule has 0 amide bonds. The fourth-order valence-electron chi connectivity index (χ4n) is 0.530. The third-order valence-corrected chi connectivity index (χ3v) is 9.19. The molecule has 0 saturated carbocycles. The summed E-state index contributed by atoms with van der Waals surface area (Å²) in [5.74, 6) is 0. The third-order valence-electron chi connectivity index (χ3n) is 2.23. The largest absolute Gasteiger partial charge is 0.167 e. The minimum Gasteiger partial charge on any atom is -0.167 e. The van der Waals surface area contributed by atoms with Gasteiger partial charge in [0, 0.05) is 0 Å². The molecule has 0 aliphatic rings. The van der Waals surface area contributed by atoms with Crippen LogP contribution >= 0.6 is 11.1 Å². The molecule has 1 unspecified atom stereocenters. The van der Waals surface area contributed by atoms with Crippen molar-refractivity contribution in [2.45, 2.75) is 45.3 Å². The van der Waals surface area contributed by atoms with E-state index in [0.29, 0.717) is 5.04 Å². The van der Waals surface area contributed by atoms with Crippen LogP contribution in [0.15, 0.2) is 0 Å². The van der Waals surface area contributed by atoms with E-state index in [1.807, 2.05) is 0 Å². The molecule has 0 rings (SSSR count). The summed E-state index contributed by atoms with van der Waals surface area (Å²) in [5.41, 5.74) is 0. The maximum absolute atomic E-state index is 6.34. The Kier molecular flexibility index (Phi) is 2.78. The van der Waals surface area contributed by atoms with Gasteiger partial charge in [-0.3, -0.25) is 0 Å². The van der Waals surface area contributed by atoms with Gasteiger partial charge in [-0.05, 0) is 11.1 Å². The van der Waals surface area contributed by atoms with Crippen LogP contribution in [-0.4, -0.2) is 7.38 Å². The van der Waals surface area contributed by atoms with Crippen molar-refractivity contribution >= 4 is 18.5 Å². The molecule has 0 heterocycles. The average Bonchev–Trinajstić information content (AvgIpc) is 1.64. The van der Waals surface area contributed by atoms with Crippen LogP contribution in [0, 0.1) is 0 Å². The van der Waals surface area contributed by atoms with E-state index < -0.39 is 7.38 Å². The SMILES string of the molecule is CC[Si](C)(Cl)C(C)(C)C. The molecule has 0 aliphatic carbocycles. The first-order valence-corrected chi connectivity index (χ1v) is 7.22. The highest BCUT2D eigenvalue weighted by Crippen LogP contribution is 2.41. The predicted octanol–water partition coefficient (Wildman–Crippen LogP) is 3.62. The number of hydrogen-bond acceptors (Lipinski definition) is 0. The maximum Gasteiger partial charge on any atom is 0.158 e. The van der Waals surface area contributed by atoms with Crippen molar-refractivity contribution in [1.82, 2.24) is 0 Å². The molecule has 0 saturated heterocycles. The van der Waals surface area contributed by atoms with Gasteiger partial charge in [-0.25, -0.2) is 0 Å². The Balaban J connectivity index is 4.14. The quantitative estimate of drug-likeness (QED) is 0.410. The Morgan fingerprint density at radius 1 is 1.33 bits per heavy atom. The monoisotopic (exact) mass is 164 g/mol. The molecule has 0 bridgehead atoms. The summed E-state index contributed by atoms with van der Waals surface area (Å²) in [5, 5.41) is 0.351. The molecule has 2 heteroatoms. The summed E-state index contributed by atoms with van der Waals surface area (Å²) < 4.78 is 0. The lowest BCUT2D eigenvalue weighted by molar-refractivity contribution is 0.728. The van der Waals surface area contributed by atoms with Gasteiger partial charge in [-0.1, -0.05) is 34.2 Å². The van der Waals surface area contributed by atoms with E-state index in [0.717, 1.165) is 6.04 Å². The molecule has 1 atom stereocenters. The summed E-state index contributed by atoms with van der Waals surface area (Å²) in [6.07, 6.45) is 0. The van der Waals surface area contributed by atoms with Crippen LogP contribution in [-0.2, 0) is 0 Å². The minimum atomic E-state index is -1.41. The van der Waals surface area contributed by atoms with Crippen LogP contribution < -0.4 is 0 Å². The molecule has 0 aromatic heterocycles. The van der Waals surface area contributed by atoms with Crippen LogP contribution in [0.3, 0.4) is 0 Å². The van der Waals surface area contributed by atoms with Gasteiger partial charge in [0.05, 0.1) is 0 Å². The van der Waals surface area contributed by atoms with E-state index in [2.05, 4.69) is 34.2 Å². The smallest absolute Gasteiger partial charge is 0.158 e. The normalized spacial score (nSPS) is 19.3. The Bertz CT molecular complexity index is 91.6. The topological polar surface area (TPSA) is 0 Å². The number of halogens is 1. The van der Waals surface area contributed by atoms with Gasteiger partial charge < -0.3 is 0 Å². The van der Waals surface area contributed by atoms with Crippen molar-refractivity contribution in [3.05, 3.63) is 0 Å². The molecule has 0 radical (unpaired) electrons. The van der Waals surface area contributed by atoms with Gasteiger partial charge >= 0.3 is 0 Å². The van der Waals surface area contributed by atoms with Crippen LogP contribution in [0.25, 0.3) is 0 Å². The standard InChI is InChI=1S/C7H17ClSi/c1-6-9(5,8)7(2,3)4/h6H2,1-5H3. The Morgan fingerprint density at radius 2 is 1.67 bits per heavy atom. The summed E-state index contributed by atoms with van der Waals surface area (Å²) in [6, 6.07) is 1.16. The Labute approximate surface area is 64.3 Å². The van der Waals surface area contributed by atoms with Crippen molar-refractivity contribution in [3.8, 4) is 0 Å². The van der Waals surface area contributed by atoms with Crippen molar-refractivity contribution in [2.24, 2.45) is 0 Å². The molecule has 56 valence electrons. The highest BCUT2D eigenvalue weighted by atomic mass is 35.6. The van der Waals surface area contributed by atoms with Gasteiger partial charge in [-0.15, -0.1) is 0 Å². The highest BCUT2D eigenvalue weighted by molar-refractivity contribution is 7.21. The third kappa shape index (κ3) is 2.30. The number of rotatable bonds is 1. The average molecular weight is 165 g/mol. The Hall–Kier alpha value is 0.507. The zero-order valence-electron chi connectivity index (χ0n) is 7.09. The second-order valence-corrected chi connectivity index (χ2v) is 10.9. The lowest BCUT2D eigenvalue weighted by atomic mass is 10.2. The van der Waals surface area contributed by atoms with Crippen molar-refractivity contribution in [2.75, 3.05) is 0 Å². The summed E-state index contributed by atoms with van der Waals surface area (Å²) in [6.45, 7) is 11.1. The van der Waals surface area contributed by atoms with Crippen LogP contribution in [0.1, 0.15) is 27.7 Å². The molecule has 9 heavy (non-hydrogen) atoms. The zero-order chi connectivity index (χ0) is 7.71. The second kappa shape index (κ2) is 2.63. The lowest BCUT2D eigenvalue weighted by Gasteiger charge is -2.32. The van der Waals surface area contributed by atoms with E-state index >= 15 is 0 Å². The van der Waals surface area contributed by atoms with E-state index in [1.165, 1.54) is 0 Å². The Morgan fingerprint density at radius 3 is 1.67 bits per heavy atom. The first-order valence-electron chi connectivity index (χ1n) is 3.50. The van der Waals surface area contributed by atoms with E-state index in [-0.39, 0.29) is 0 Å². The van der Waals surface area contributed by atoms with Crippen molar-refractivity contribution in [1.29, 1.82) is 0 Å². The van der Waals surface area contributed by atoms with Crippen LogP contribution in [0.5, 0.6) is 0 Å². The van der Waals surface area contributed by atoms with Gasteiger partial charge in [0.15, 0.2) is 7.38 Å². The van der Waals surface area contributed by atoms with Gasteiger partial charge in [0.25, 0.3) is 0 Å². The van der Waals surface area contributed by atoms with E-state index in [9.17, 15) is 0 Å². The lowest BCUT2D eigenvalue weighted by Crippen LogP contribution is -2.33. The van der Waals surface area contributed by atoms with Gasteiger partial charge in [0.1, 0.15) is 0 Å². The maximum atomic E-state index is 6.34. The van der Waals surface area contributed by atoms with Crippen LogP contribution in [0.4, 0.5) is 0 Å². The molecular weight excluding hydrogens is 148 g/mol. The second-order valence-electron chi connectivity index (χ2n) is 3.80. The molecule has 0 N–H and O–H groups in total. The first kappa shape index (κ1) is 9.51. The first-order chi connectivity index (χ1) is 3.81. The fraction of sp³-hybridized carbons (Fsp3) is 1.00. The minimum absolute atomic E-state index is 0.351. The molecule has 0 aromatic rings. The molecular formula is C7H17ClSi. The molecule has 0 spiro atoms. The van der Waals surface area contributed by atoms with Gasteiger partial charge in [0.2, 0.25) is 0 Å². The van der Waals surface area contributed by atoms with Crippen LogP contribution in [0.2, 0.25) is 17.6 Å². The summed E-state index contributed by atoms with van der Waals surface area (Å²) in [4.78, 5) is 0. The summed E-state index contributed by atoms with van der Waals surface area (Å²) in [7, 11) is -1.41. The summed E-state index contributed by atoms with van der Waals surface area (Å²) >= 11 is 6.34. The van der Waals surface area contributed by atoms with E-state index in [4.69, 9.17) is 11.1 Å². The molecule has 0 aromatic carbocycles. The molecule has 0 aliphatic heterocycles. The zero-order valence-corrected chi connectivity index (χ0v) is 8.84. The van der Waals surface area contributed by atoms with Crippen molar-refractivity contribution in [3.63, 3.8) is 0 Å². The van der Waals surface area contributed by atoms with Gasteiger partial charge in [-0.2, -0.15) is 11.1 Å². The molecule has 0 nitrogen and oxygen atoms in total. The van der Waals surface area contributed by atoms with Crippen molar-refractivity contribution < 1.29 is 0 Å². The molecule has 0 fully saturated rings.